The number of hydrogen-bond acceptors (Lipinski definition) is 5. The van der Waals surface area contributed by atoms with Gasteiger partial charge in [0.1, 0.15) is 5.75 Å². The van der Waals surface area contributed by atoms with E-state index in [1.54, 1.807) is 0 Å². The van der Waals surface area contributed by atoms with Crippen LogP contribution in [0.15, 0.2) is 47.0 Å². The van der Waals surface area contributed by atoms with Crippen LogP contribution >= 0.6 is 0 Å². The maximum Gasteiger partial charge on any atom is 0.258 e. The second-order valence-electron chi connectivity index (χ2n) is 7.77. The van der Waals surface area contributed by atoms with Crippen LogP contribution in [0.25, 0.3) is 22.8 Å². The normalized spacial score (nSPS) is 14.3. The van der Waals surface area contributed by atoms with Crippen LogP contribution in [0.1, 0.15) is 44.2 Å². The molecule has 0 atom stereocenters. The predicted octanol–water partition coefficient (Wildman–Crippen LogP) is 5.14. The summed E-state index contributed by atoms with van der Waals surface area (Å²) < 4.78 is 11.2. The van der Waals surface area contributed by atoms with Crippen molar-refractivity contribution >= 4 is 0 Å². The Labute approximate surface area is 166 Å². The van der Waals surface area contributed by atoms with Gasteiger partial charge in [-0.1, -0.05) is 23.7 Å². The number of ether oxygens (including phenoxy) is 1. The molecule has 0 aliphatic heterocycles. The third-order valence-corrected chi connectivity index (χ3v) is 5.13. The van der Waals surface area contributed by atoms with Crippen molar-refractivity contribution in [3.8, 4) is 28.6 Å². The average Bonchev–Trinajstić information content (AvgIpc) is 3.10. The van der Waals surface area contributed by atoms with Gasteiger partial charge in [-0.3, -0.25) is 0 Å². The van der Waals surface area contributed by atoms with Crippen LogP contribution in [0.2, 0.25) is 0 Å². The molecule has 1 N–H and O–H groups in total. The average molecular weight is 377 g/mol. The quantitative estimate of drug-likeness (QED) is 0.618. The summed E-state index contributed by atoms with van der Waals surface area (Å²) >= 11 is 0. The first-order valence-electron chi connectivity index (χ1n) is 10.0. The first-order chi connectivity index (χ1) is 13.6. The van der Waals surface area contributed by atoms with E-state index in [1.807, 2.05) is 38.1 Å². The molecule has 146 valence electrons. The lowest BCUT2D eigenvalue weighted by Gasteiger charge is -2.26. The van der Waals surface area contributed by atoms with E-state index in [-0.39, 0.29) is 6.10 Å². The van der Waals surface area contributed by atoms with Crippen molar-refractivity contribution in [1.29, 1.82) is 0 Å². The summed E-state index contributed by atoms with van der Waals surface area (Å²) in [6.07, 6.45) is 4.10. The molecule has 28 heavy (non-hydrogen) atoms. The van der Waals surface area contributed by atoms with E-state index in [9.17, 15) is 0 Å². The van der Waals surface area contributed by atoms with Gasteiger partial charge >= 0.3 is 0 Å². The summed E-state index contributed by atoms with van der Waals surface area (Å²) in [6, 6.07) is 14.9. The molecule has 5 nitrogen and oxygen atoms in total. The van der Waals surface area contributed by atoms with Crippen molar-refractivity contribution in [2.24, 2.45) is 0 Å². The number of nitrogens with zero attached hydrogens (tertiary/aromatic N) is 2. The fraction of sp³-hybridized carbons (Fsp3) is 0.391. The van der Waals surface area contributed by atoms with Crippen molar-refractivity contribution in [2.45, 2.75) is 58.7 Å². The largest absolute Gasteiger partial charge is 0.491 e. The summed E-state index contributed by atoms with van der Waals surface area (Å²) in [5.41, 5.74) is 4.31. The SMILES string of the molecule is Cc1cc(CNC2CCC2)ccc1-c1nc(-c2ccc(OC(C)C)cc2)no1. The maximum absolute atomic E-state index is 5.68. The molecule has 0 bridgehead atoms. The van der Waals surface area contributed by atoms with Crippen molar-refractivity contribution < 1.29 is 9.26 Å². The zero-order valence-corrected chi connectivity index (χ0v) is 16.7. The van der Waals surface area contributed by atoms with Gasteiger partial charge < -0.3 is 14.6 Å². The fourth-order valence-electron chi connectivity index (χ4n) is 3.36. The molecular weight excluding hydrogens is 350 g/mol. The van der Waals surface area contributed by atoms with Crippen LogP contribution in [-0.4, -0.2) is 22.3 Å². The highest BCUT2D eigenvalue weighted by atomic mass is 16.5. The molecule has 1 aliphatic carbocycles. The lowest BCUT2D eigenvalue weighted by Crippen LogP contribution is -2.34. The van der Waals surface area contributed by atoms with Crippen LogP contribution in [0.5, 0.6) is 5.75 Å². The molecular formula is C23H27N3O2. The van der Waals surface area contributed by atoms with Crippen LogP contribution < -0.4 is 10.1 Å². The number of hydrogen-bond donors (Lipinski definition) is 1. The summed E-state index contributed by atoms with van der Waals surface area (Å²) in [5.74, 6) is 1.97. The van der Waals surface area contributed by atoms with Crippen molar-refractivity contribution in [3.63, 3.8) is 0 Å². The van der Waals surface area contributed by atoms with Crippen LogP contribution in [-0.2, 0) is 6.54 Å². The van der Waals surface area contributed by atoms with Crippen molar-refractivity contribution in [2.75, 3.05) is 0 Å². The molecule has 0 amide bonds. The van der Waals surface area contributed by atoms with Gasteiger partial charge in [-0.05, 0) is 75.1 Å². The molecule has 5 heteroatoms. The van der Waals surface area contributed by atoms with Gasteiger partial charge in [0.05, 0.1) is 6.10 Å². The van der Waals surface area contributed by atoms with Gasteiger partial charge in [-0.2, -0.15) is 4.98 Å². The van der Waals surface area contributed by atoms with Crippen molar-refractivity contribution in [3.05, 3.63) is 53.6 Å². The minimum absolute atomic E-state index is 0.150. The van der Waals surface area contributed by atoms with Crippen LogP contribution in [0, 0.1) is 6.92 Å². The third kappa shape index (κ3) is 4.25. The Morgan fingerprint density at radius 3 is 2.57 bits per heavy atom. The maximum atomic E-state index is 5.68. The molecule has 0 radical (unpaired) electrons. The first kappa shape index (κ1) is 18.7. The number of aromatic nitrogens is 2. The summed E-state index contributed by atoms with van der Waals surface area (Å²) in [6.45, 7) is 7.02. The molecule has 2 aromatic carbocycles. The molecule has 1 aliphatic rings. The summed E-state index contributed by atoms with van der Waals surface area (Å²) in [4.78, 5) is 4.59. The molecule has 0 unspecified atom stereocenters. The van der Waals surface area contributed by atoms with Gasteiger partial charge in [-0.15, -0.1) is 0 Å². The molecule has 1 fully saturated rings. The molecule has 0 saturated heterocycles. The number of benzene rings is 2. The van der Waals surface area contributed by atoms with E-state index in [0.29, 0.717) is 17.8 Å². The fourth-order valence-corrected chi connectivity index (χ4v) is 3.36. The van der Waals surface area contributed by atoms with Gasteiger partial charge in [0.25, 0.3) is 5.89 Å². The van der Waals surface area contributed by atoms with Crippen LogP contribution in [0.4, 0.5) is 0 Å². The van der Waals surface area contributed by atoms with Gasteiger partial charge in [0.2, 0.25) is 5.82 Å². The topological polar surface area (TPSA) is 60.2 Å². The molecule has 1 heterocycles. The van der Waals surface area contributed by atoms with E-state index in [0.717, 1.165) is 29.0 Å². The third-order valence-electron chi connectivity index (χ3n) is 5.13. The lowest BCUT2D eigenvalue weighted by molar-refractivity contribution is 0.242. The van der Waals surface area contributed by atoms with Gasteiger partial charge in [-0.25, -0.2) is 0 Å². The van der Waals surface area contributed by atoms with Gasteiger partial charge in [0.15, 0.2) is 0 Å². The van der Waals surface area contributed by atoms with E-state index < -0.39 is 0 Å². The molecule has 0 spiro atoms. The van der Waals surface area contributed by atoms with E-state index in [1.165, 1.54) is 24.8 Å². The second-order valence-corrected chi connectivity index (χ2v) is 7.77. The Morgan fingerprint density at radius 2 is 1.93 bits per heavy atom. The summed E-state index contributed by atoms with van der Waals surface area (Å²) in [7, 11) is 0. The second kappa shape index (κ2) is 8.15. The first-order valence-corrected chi connectivity index (χ1v) is 10.0. The van der Waals surface area contributed by atoms with Crippen LogP contribution in [0.3, 0.4) is 0 Å². The van der Waals surface area contributed by atoms with Gasteiger partial charge in [0, 0.05) is 23.7 Å². The Balaban J connectivity index is 1.47. The smallest absolute Gasteiger partial charge is 0.258 e. The number of rotatable bonds is 7. The molecule has 1 saturated carbocycles. The predicted molar refractivity (Wildman–Crippen MR) is 110 cm³/mol. The van der Waals surface area contributed by atoms with E-state index in [4.69, 9.17) is 9.26 Å². The zero-order chi connectivity index (χ0) is 19.5. The number of aryl methyl sites for hydroxylation is 1. The standard InChI is InChI=1S/C23H27N3O2/c1-15(2)27-20-10-8-18(9-11-20)22-25-23(28-26-22)21-12-7-17(13-16(21)3)14-24-19-5-4-6-19/h7-13,15,19,24H,4-6,14H2,1-3H3. The minimum Gasteiger partial charge on any atom is -0.491 e. The highest BCUT2D eigenvalue weighted by Gasteiger charge is 2.17. The minimum atomic E-state index is 0.150. The van der Waals surface area contributed by atoms with Crippen molar-refractivity contribution in [1.82, 2.24) is 15.5 Å². The number of nitrogens with one attached hydrogen (secondary N) is 1. The van der Waals surface area contributed by atoms with E-state index >= 15 is 0 Å². The lowest BCUT2D eigenvalue weighted by atomic mass is 9.93. The Bertz CT molecular complexity index is 927. The Hall–Kier alpha value is -2.66. The monoisotopic (exact) mass is 377 g/mol. The highest BCUT2D eigenvalue weighted by Crippen LogP contribution is 2.27. The molecule has 4 rings (SSSR count). The molecule has 3 aromatic rings. The molecule has 1 aromatic heterocycles. The highest BCUT2D eigenvalue weighted by molar-refractivity contribution is 5.63. The van der Waals surface area contributed by atoms with E-state index in [2.05, 4.69) is 40.6 Å². The Morgan fingerprint density at radius 1 is 1.14 bits per heavy atom. The Kier molecular flexibility index (Phi) is 5.44. The zero-order valence-electron chi connectivity index (χ0n) is 16.7. The summed E-state index contributed by atoms with van der Waals surface area (Å²) in [5, 5.41) is 7.76.